The van der Waals surface area contributed by atoms with Crippen LogP contribution in [0.25, 0.3) is 0 Å². The fourth-order valence-corrected chi connectivity index (χ4v) is 2.37. The molecule has 0 saturated carbocycles. The maximum atomic E-state index is 12.2. The zero-order valence-electron chi connectivity index (χ0n) is 14.6. The summed E-state index contributed by atoms with van der Waals surface area (Å²) in [4.78, 5) is 23.8. The van der Waals surface area contributed by atoms with Gasteiger partial charge in [-0.3, -0.25) is 4.79 Å². The van der Waals surface area contributed by atoms with E-state index < -0.39 is 5.97 Å². The molecule has 1 amide bonds. The summed E-state index contributed by atoms with van der Waals surface area (Å²) < 4.78 is 15.0. The van der Waals surface area contributed by atoms with E-state index in [1.54, 1.807) is 30.3 Å². The van der Waals surface area contributed by atoms with Gasteiger partial charge in [0.05, 0.1) is 49.8 Å². The van der Waals surface area contributed by atoms with Crippen LogP contribution < -0.4 is 20.1 Å². The maximum Gasteiger partial charge on any atom is 0.337 e. The fraction of sp³-hybridized carbons (Fsp3) is 0.222. The lowest BCUT2D eigenvalue weighted by Crippen LogP contribution is -2.22. The lowest BCUT2D eigenvalue weighted by molar-refractivity contribution is -0.114. The van der Waals surface area contributed by atoms with Crippen LogP contribution in [0.15, 0.2) is 36.4 Å². The highest BCUT2D eigenvalue weighted by atomic mass is 35.5. The second-order valence-corrected chi connectivity index (χ2v) is 5.56. The molecule has 2 aromatic rings. The lowest BCUT2D eigenvalue weighted by Gasteiger charge is -2.13. The Labute approximate surface area is 156 Å². The third kappa shape index (κ3) is 4.80. The third-order valence-corrected chi connectivity index (χ3v) is 3.84. The van der Waals surface area contributed by atoms with Crippen molar-refractivity contribution in [1.82, 2.24) is 0 Å². The molecule has 0 aliphatic carbocycles. The molecule has 0 spiro atoms. The minimum Gasteiger partial charge on any atom is -0.497 e. The van der Waals surface area contributed by atoms with E-state index in [0.29, 0.717) is 33.5 Å². The molecule has 0 aliphatic heterocycles. The number of hydrogen-bond acceptors (Lipinski definition) is 6. The van der Waals surface area contributed by atoms with Crippen LogP contribution in [0.4, 0.5) is 11.4 Å². The van der Waals surface area contributed by atoms with Crippen LogP contribution in [0, 0.1) is 0 Å². The molecule has 2 aromatic carbocycles. The van der Waals surface area contributed by atoms with Gasteiger partial charge in [-0.2, -0.15) is 0 Å². The first kappa shape index (κ1) is 19.4. The summed E-state index contributed by atoms with van der Waals surface area (Å²) in [7, 11) is 4.33. The molecule has 2 N–H and O–H groups in total. The van der Waals surface area contributed by atoms with Crippen LogP contribution >= 0.6 is 11.6 Å². The van der Waals surface area contributed by atoms with Crippen LogP contribution in [-0.4, -0.2) is 39.8 Å². The van der Waals surface area contributed by atoms with Crippen molar-refractivity contribution < 1.29 is 23.8 Å². The van der Waals surface area contributed by atoms with E-state index in [1.165, 1.54) is 27.4 Å². The van der Waals surface area contributed by atoms with Crippen molar-refractivity contribution in [3.05, 3.63) is 47.0 Å². The normalized spacial score (nSPS) is 10.0. The SMILES string of the molecule is COC(=O)c1ccc(Cl)c(NCC(=O)Nc2cc(OC)ccc2OC)c1. The van der Waals surface area contributed by atoms with Gasteiger partial charge in [0.2, 0.25) is 5.91 Å². The predicted molar refractivity (Wildman–Crippen MR) is 99.5 cm³/mol. The number of anilines is 2. The lowest BCUT2D eigenvalue weighted by atomic mass is 10.2. The average molecular weight is 379 g/mol. The van der Waals surface area contributed by atoms with Crippen LogP contribution in [0.2, 0.25) is 5.02 Å². The molecule has 0 atom stereocenters. The largest absolute Gasteiger partial charge is 0.497 e. The Morgan fingerprint density at radius 1 is 1.00 bits per heavy atom. The number of methoxy groups -OCH3 is 3. The van der Waals surface area contributed by atoms with Gasteiger partial charge >= 0.3 is 5.97 Å². The van der Waals surface area contributed by atoms with E-state index in [9.17, 15) is 9.59 Å². The van der Waals surface area contributed by atoms with Crippen molar-refractivity contribution >= 4 is 34.9 Å². The predicted octanol–water partition coefficient (Wildman–Crippen LogP) is 3.19. The smallest absolute Gasteiger partial charge is 0.337 e. The van der Waals surface area contributed by atoms with Gasteiger partial charge in [0.25, 0.3) is 0 Å². The summed E-state index contributed by atoms with van der Waals surface area (Å²) in [5, 5.41) is 6.01. The number of nitrogens with one attached hydrogen (secondary N) is 2. The maximum absolute atomic E-state index is 12.2. The highest BCUT2D eigenvalue weighted by Gasteiger charge is 2.12. The van der Waals surface area contributed by atoms with Crippen LogP contribution in [0.3, 0.4) is 0 Å². The molecule has 0 unspecified atom stereocenters. The van der Waals surface area contributed by atoms with E-state index >= 15 is 0 Å². The van der Waals surface area contributed by atoms with Crippen molar-refractivity contribution in [1.29, 1.82) is 0 Å². The fourth-order valence-electron chi connectivity index (χ4n) is 2.19. The van der Waals surface area contributed by atoms with Crippen molar-refractivity contribution in [3.63, 3.8) is 0 Å². The number of carbonyl (C=O) groups is 2. The monoisotopic (exact) mass is 378 g/mol. The minimum absolute atomic E-state index is 0.0648. The van der Waals surface area contributed by atoms with E-state index in [2.05, 4.69) is 15.4 Å². The van der Waals surface area contributed by atoms with Gasteiger partial charge in [-0.1, -0.05) is 11.6 Å². The molecule has 26 heavy (non-hydrogen) atoms. The number of rotatable bonds is 7. The molecule has 0 radical (unpaired) electrons. The second kappa shape index (κ2) is 8.96. The zero-order valence-corrected chi connectivity index (χ0v) is 15.3. The Balaban J connectivity index is 2.07. The molecular weight excluding hydrogens is 360 g/mol. The molecular formula is C18H19ClN2O5. The van der Waals surface area contributed by atoms with Gasteiger partial charge in [-0.05, 0) is 30.3 Å². The van der Waals surface area contributed by atoms with Crippen molar-refractivity contribution in [2.24, 2.45) is 0 Å². The molecule has 0 fully saturated rings. The van der Waals surface area contributed by atoms with Crippen molar-refractivity contribution in [2.75, 3.05) is 38.5 Å². The summed E-state index contributed by atoms with van der Waals surface area (Å²) in [5.74, 6) is 0.277. The van der Waals surface area contributed by atoms with Gasteiger partial charge in [0.1, 0.15) is 11.5 Å². The molecule has 0 saturated heterocycles. The van der Waals surface area contributed by atoms with Crippen LogP contribution in [0.1, 0.15) is 10.4 Å². The van der Waals surface area contributed by atoms with E-state index in [4.69, 9.17) is 21.1 Å². The molecule has 0 aromatic heterocycles. The average Bonchev–Trinajstić information content (AvgIpc) is 2.66. The first-order valence-electron chi connectivity index (χ1n) is 7.62. The Kier molecular flexibility index (Phi) is 6.68. The standard InChI is InChI=1S/C18H19ClN2O5/c1-24-12-5-7-16(25-2)15(9-12)21-17(22)10-20-14-8-11(18(23)26-3)4-6-13(14)19/h4-9,20H,10H2,1-3H3,(H,21,22). The second-order valence-electron chi connectivity index (χ2n) is 5.15. The molecule has 7 nitrogen and oxygen atoms in total. The van der Waals surface area contributed by atoms with Crippen LogP contribution in [-0.2, 0) is 9.53 Å². The van der Waals surface area contributed by atoms with Crippen molar-refractivity contribution in [3.8, 4) is 11.5 Å². The summed E-state index contributed by atoms with van der Waals surface area (Å²) in [6.45, 7) is -0.0648. The van der Waals surface area contributed by atoms with Gasteiger partial charge in [0, 0.05) is 6.07 Å². The number of amides is 1. The van der Waals surface area contributed by atoms with E-state index in [-0.39, 0.29) is 12.5 Å². The van der Waals surface area contributed by atoms with Gasteiger partial charge in [-0.15, -0.1) is 0 Å². The van der Waals surface area contributed by atoms with Crippen LogP contribution in [0.5, 0.6) is 11.5 Å². The van der Waals surface area contributed by atoms with Gasteiger partial charge in [0.15, 0.2) is 0 Å². The molecule has 0 aliphatic rings. The van der Waals surface area contributed by atoms with Gasteiger partial charge in [-0.25, -0.2) is 4.79 Å². The molecule has 8 heteroatoms. The Bertz CT molecular complexity index is 810. The Morgan fingerprint density at radius 3 is 2.42 bits per heavy atom. The highest BCUT2D eigenvalue weighted by Crippen LogP contribution is 2.29. The topological polar surface area (TPSA) is 85.9 Å². The molecule has 0 bridgehead atoms. The number of carbonyl (C=O) groups excluding carboxylic acids is 2. The summed E-state index contributed by atoms with van der Waals surface area (Å²) in [6.07, 6.45) is 0. The third-order valence-electron chi connectivity index (χ3n) is 3.51. The van der Waals surface area contributed by atoms with E-state index in [0.717, 1.165) is 0 Å². The first-order valence-corrected chi connectivity index (χ1v) is 8.00. The summed E-state index contributed by atoms with van der Waals surface area (Å²) >= 11 is 6.09. The molecule has 0 heterocycles. The molecule has 2 rings (SSSR count). The number of esters is 1. The number of halogens is 1. The van der Waals surface area contributed by atoms with E-state index in [1.807, 2.05) is 0 Å². The van der Waals surface area contributed by atoms with Crippen molar-refractivity contribution in [2.45, 2.75) is 0 Å². The number of hydrogen-bond donors (Lipinski definition) is 2. The summed E-state index contributed by atoms with van der Waals surface area (Å²) in [5.41, 5.74) is 1.25. The molecule has 138 valence electrons. The summed E-state index contributed by atoms with van der Waals surface area (Å²) in [6, 6.07) is 9.69. The first-order chi connectivity index (χ1) is 12.5. The quantitative estimate of drug-likeness (QED) is 0.719. The Hall–Kier alpha value is -2.93. The number of ether oxygens (including phenoxy) is 3. The van der Waals surface area contributed by atoms with Gasteiger partial charge < -0.3 is 24.8 Å². The number of benzene rings is 2. The minimum atomic E-state index is -0.490. The highest BCUT2D eigenvalue weighted by molar-refractivity contribution is 6.33. The Morgan fingerprint density at radius 2 is 1.77 bits per heavy atom. The zero-order chi connectivity index (χ0) is 19.1.